The third kappa shape index (κ3) is 5.00. The van der Waals surface area contributed by atoms with Gasteiger partial charge in [-0.3, -0.25) is 4.79 Å². The normalized spacial score (nSPS) is 15.6. The molecule has 1 fully saturated rings. The highest BCUT2D eigenvalue weighted by atomic mass is 35.5. The summed E-state index contributed by atoms with van der Waals surface area (Å²) in [6.45, 7) is 3.48. The zero-order valence-electron chi connectivity index (χ0n) is 15.5. The second-order valence-electron chi connectivity index (χ2n) is 7.05. The summed E-state index contributed by atoms with van der Waals surface area (Å²) in [5.74, 6) is -0.123. The predicted octanol–water partition coefficient (Wildman–Crippen LogP) is 5.54. The Morgan fingerprint density at radius 3 is 2.28 bits per heavy atom. The third-order valence-electron chi connectivity index (χ3n) is 4.82. The van der Waals surface area contributed by atoms with Gasteiger partial charge in [-0.15, -0.1) is 0 Å². The molecule has 1 aromatic carbocycles. The summed E-state index contributed by atoms with van der Waals surface area (Å²) in [6.07, 6.45) is 1.87. The molecule has 1 aliphatic rings. The molecule has 29 heavy (non-hydrogen) atoms. The van der Waals surface area contributed by atoms with Crippen molar-refractivity contribution < 1.29 is 13.2 Å². The fourth-order valence-electron chi connectivity index (χ4n) is 3.14. The van der Waals surface area contributed by atoms with Crippen LogP contribution < -0.4 is 0 Å². The maximum absolute atomic E-state index is 12.9. The number of sulfone groups is 1. The Balaban J connectivity index is 1.88. The topological polar surface area (TPSA) is 67.3 Å². The van der Waals surface area contributed by atoms with Gasteiger partial charge in [0.1, 0.15) is 10.6 Å². The fraction of sp³-hybridized carbons (Fsp3) is 0.368. The first kappa shape index (κ1) is 22.6. The van der Waals surface area contributed by atoms with Gasteiger partial charge in [0.2, 0.25) is 0 Å². The number of benzene rings is 1. The number of carbonyl (C=O) groups is 1. The molecule has 1 aromatic heterocycles. The molecule has 0 aliphatic carbocycles. The molecule has 0 unspecified atom stereocenters. The minimum Gasteiger partial charge on any atom is -0.337 e. The van der Waals surface area contributed by atoms with Crippen LogP contribution >= 0.6 is 46.4 Å². The van der Waals surface area contributed by atoms with E-state index < -0.39 is 15.6 Å². The lowest BCUT2D eigenvalue weighted by molar-refractivity contribution is 0.0691. The average Bonchev–Trinajstić information content (AvgIpc) is 2.66. The van der Waals surface area contributed by atoms with Crippen molar-refractivity contribution in [1.29, 1.82) is 0 Å². The molecule has 0 saturated carbocycles. The molecular weight excluding hydrogens is 478 g/mol. The number of carbonyl (C=O) groups excluding carboxylic acids is 1. The minimum absolute atomic E-state index is 0.0177. The fourth-order valence-corrected chi connectivity index (χ4v) is 6.23. The largest absolute Gasteiger partial charge is 0.337 e. The summed E-state index contributed by atoms with van der Waals surface area (Å²) < 4.78 is 25.9. The minimum atomic E-state index is -4.01. The Bertz CT molecular complexity index is 1030. The van der Waals surface area contributed by atoms with Crippen LogP contribution in [0.4, 0.5) is 0 Å². The molecule has 2 heterocycles. The summed E-state index contributed by atoms with van der Waals surface area (Å²) in [5.41, 5.74) is 0.401. The second kappa shape index (κ2) is 8.98. The number of nitrogens with zero attached hydrogens (tertiary/aromatic N) is 2. The van der Waals surface area contributed by atoms with E-state index in [2.05, 4.69) is 11.9 Å². The maximum Gasteiger partial charge on any atom is 0.272 e. The number of likely N-dealkylation sites (tertiary alicyclic amines) is 1. The predicted molar refractivity (Wildman–Crippen MR) is 116 cm³/mol. The van der Waals surface area contributed by atoms with Crippen molar-refractivity contribution in [2.75, 3.05) is 13.1 Å². The first-order valence-electron chi connectivity index (χ1n) is 8.91. The monoisotopic (exact) mass is 494 g/mol. The number of piperidine rings is 1. The van der Waals surface area contributed by atoms with Gasteiger partial charge in [-0.25, -0.2) is 13.4 Å². The van der Waals surface area contributed by atoms with Crippen LogP contribution in [0.25, 0.3) is 0 Å². The highest BCUT2D eigenvalue weighted by Gasteiger charge is 2.28. The van der Waals surface area contributed by atoms with Gasteiger partial charge in [0.15, 0.2) is 9.84 Å². The molecule has 1 aliphatic heterocycles. The first-order chi connectivity index (χ1) is 13.6. The van der Waals surface area contributed by atoms with Crippen LogP contribution in [0.3, 0.4) is 0 Å². The number of aromatic nitrogens is 1. The van der Waals surface area contributed by atoms with Gasteiger partial charge < -0.3 is 4.90 Å². The van der Waals surface area contributed by atoms with Crippen LogP contribution in [0.2, 0.25) is 20.1 Å². The molecule has 10 heteroatoms. The van der Waals surface area contributed by atoms with Gasteiger partial charge in [0.05, 0.1) is 31.5 Å². The van der Waals surface area contributed by atoms with Gasteiger partial charge in [-0.1, -0.05) is 59.4 Å². The Hall–Kier alpha value is -1.05. The SMILES string of the molecule is CC1CCN(C(=O)c2cccc(CS(=O)(=O)c3c(Cl)c(Cl)cc(Cl)c3Cl)n2)CC1. The molecule has 0 atom stereocenters. The van der Waals surface area contributed by atoms with Crippen LogP contribution in [-0.4, -0.2) is 37.3 Å². The molecule has 0 N–H and O–H groups in total. The van der Waals surface area contributed by atoms with Crippen LogP contribution in [0, 0.1) is 5.92 Å². The van der Waals surface area contributed by atoms with E-state index in [4.69, 9.17) is 46.4 Å². The Morgan fingerprint density at radius 1 is 1.10 bits per heavy atom. The molecule has 0 bridgehead atoms. The highest BCUT2D eigenvalue weighted by molar-refractivity contribution is 7.91. The Morgan fingerprint density at radius 2 is 1.69 bits per heavy atom. The molecule has 0 spiro atoms. The van der Waals surface area contributed by atoms with E-state index in [0.29, 0.717) is 19.0 Å². The first-order valence-corrected chi connectivity index (χ1v) is 12.1. The van der Waals surface area contributed by atoms with E-state index in [1.165, 1.54) is 12.1 Å². The summed E-state index contributed by atoms with van der Waals surface area (Å²) in [7, 11) is -4.01. The van der Waals surface area contributed by atoms with Gasteiger partial charge in [-0.2, -0.15) is 0 Å². The van der Waals surface area contributed by atoms with E-state index in [9.17, 15) is 13.2 Å². The van der Waals surface area contributed by atoms with Crippen molar-refractivity contribution in [2.45, 2.75) is 30.4 Å². The lowest BCUT2D eigenvalue weighted by Gasteiger charge is -2.30. The highest BCUT2D eigenvalue weighted by Crippen LogP contribution is 2.41. The van der Waals surface area contributed by atoms with Crippen LogP contribution in [-0.2, 0) is 15.6 Å². The number of amides is 1. The summed E-state index contributed by atoms with van der Waals surface area (Å²) in [6, 6.07) is 5.99. The lowest BCUT2D eigenvalue weighted by Crippen LogP contribution is -2.38. The van der Waals surface area contributed by atoms with Gasteiger partial charge in [-0.05, 0) is 37.0 Å². The smallest absolute Gasteiger partial charge is 0.272 e. The molecular formula is C19H18Cl4N2O3S. The second-order valence-corrected chi connectivity index (χ2v) is 10.5. The lowest BCUT2D eigenvalue weighted by atomic mass is 9.99. The average molecular weight is 496 g/mol. The van der Waals surface area contributed by atoms with Crippen LogP contribution in [0.5, 0.6) is 0 Å². The van der Waals surface area contributed by atoms with E-state index in [0.717, 1.165) is 12.8 Å². The van der Waals surface area contributed by atoms with E-state index >= 15 is 0 Å². The summed E-state index contributed by atoms with van der Waals surface area (Å²) >= 11 is 24.1. The number of hydrogen-bond donors (Lipinski definition) is 0. The number of halogens is 4. The van der Waals surface area contributed by atoms with E-state index in [1.807, 2.05) is 0 Å². The van der Waals surface area contributed by atoms with Crippen molar-refractivity contribution in [3.63, 3.8) is 0 Å². The van der Waals surface area contributed by atoms with Crippen molar-refractivity contribution in [1.82, 2.24) is 9.88 Å². The van der Waals surface area contributed by atoms with Crippen LogP contribution in [0.15, 0.2) is 29.2 Å². The van der Waals surface area contributed by atoms with Crippen molar-refractivity contribution in [2.24, 2.45) is 5.92 Å². The molecule has 2 aromatic rings. The summed E-state index contributed by atoms with van der Waals surface area (Å²) in [4.78, 5) is 18.4. The van der Waals surface area contributed by atoms with Crippen LogP contribution in [0.1, 0.15) is 35.9 Å². The molecule has 3 rings (SSSR count). The zero-order valence-corrected chi connectivity index (χ0v) is 19.3. The number of rotatable bonds is 4. The quantitative estimate of drug-likeness (QED) is 0.522. The third-order valence-corrected chi connectivity index (χ3v) is 8.32. The zero-order chi connectivity index (χ0) is 21.3. The van der Waals surface area contributed by atoms with Gasteiger partial charge >= 0.3 is 0 Å². The number of hydrogen-bond acceptors (Lipinski definition) is 4. The van der Waals surface area contributed by atoms with E-state index in [1.54, 1.807) is 17.0 Å². The molecule has 5 nitrogen and oxygen atoms in total. The molecule has 156 valence electrons. The van der Waals surface area contributed by atoms with Gasteiger partial charge in [0, 0.05) is 13.1 Å². The molecule has 0 radical (unpaired) electrons. The Kier molecular flexibility index (Phi) is 7.01. The van der Waals surface area contributed by atoms with Crippen molar-refractivity contribution >= 4 is 62.1 Å². The molecule has 1 saturated heterocycles. The number of pyridine rings is 1. The summed E-state index contributed by atoms with van der Waals surface area (Å²) in [5, 5.41) is -0.432. The Labute approximate surface area is 189 Å². The van der Waals surface area contributed by atoms with Gasteiger partial charge in [0.25, 0.3) is 5.91 Å². The van der Waals surface area contributed by atoms with Crippen molar-refractivity contribution in [3.8, 4) is 0 Å². The van der Waals surface area contributed by atoms with E-state index in [-0.39, 0.29) is 42.3 Å². The van der Waals surface area contributed by atoms with Crippen molar-refractivity contribution in [3.05, 3.63) is 55.7 Å². The molecule has 1 amide bonds. The maximum atomic E-state index is 12.9. The standard InChI is InChI=1S/C19H18Cl4N2O3S/c1-11-5-7-25(8-6-11)19(26)15-4-2-3-12(24-15)10-29(27,28)18-16(22)13(20)9-14(21)17(18)23/h2-4,9,11H,5-8,10H2,1H3.